The highest BCUT2D eigenvalue weighted by molar-refractivity contribution is 6.30. The standard InChI is InChI=1S/C14H20ClNO4/c1-4-16(5-2)13(18)9-20-14-10(8-17)6-11(15)7-12(14)19-3/h6-7,17H,4-5,8-9H2,1-3H3. The molecule has 0 fully saturated rings. The van der Waals surface area contributed by atoms with Crippen LogP contribution in [-0.4, -0.2) is 42.7 Å². The zero-order chi connectivity index (χ0) is 15.1. The number of halogens is 1. The zero-order valence-corrected chi connectivity index (χ0v) is 12.7. The number of methoxy groups -OCH3 is 1. The maximum Gasteiger partial charge on any atom is 0.260 e. The van der Waals surface area contributed by atoms with Crippen LogP contribution in [0.3, 0.4) is 0 Å². The molecule has 20 heavy (non-hydrogen) atoms. The van der Waals surface area contributed by atoms with E-state index < -0.39 is 0 Å². The third-order valence-electron chi connectivity index (χ3n) is 2.94. The molecule has 1 amide bonds. The van der Waals surface area contributed by atoms with Gasteiger partial charge in [0.25, 0.3) is 5.91 Å². The van der Waals surface area contributed by atoms with E-state index in [0.29, 0.717) is 35.2 Å². The molecule has 0 aliphatic carbocycles. The number of rotatable bonds is 7. The lowest BCUT2D eigenvalue weighted by atomic mass is 10.2. The summed E-state index contributed by atoms with van der Waals surface area (Å²) in [5.41, 5.74) is 0.488. The Morgan fingerprint density at radius 1 is 1.35 bits per heavy atom. The van der Waals surface area contributed by atoms with Crippen LogP contribution >= 0.6 is 11.6 Å². The average molecular weight is 302 g/mol. The van der Waals surface area contributed by atoms with Crippen LogP contribution in [0.25, 0.3) is 0 Å². The molecule has 112 valence electrons. The van der Waals surface area contributed by atoms with Gasteiger partial charge >= 0.3 is 0 Å². The molecule has 1 aromatic carbocycles. The molecule has 0 bridgehead atoms. The number of carbonyl (C=O) groups is 1. The number of hydrogen-bond acceptors (Lipinski definition) is 4. The molecule has 1 aromatic rings. The van der Waals surface area contributed by atoms with Crippen molar-refractivity contribution in [1.82, 2.24) is 4.90 Å². The summed E-state index contributed by atoms with van der Waals surface area (Å²) in [5.74, 6) is 0.629. The second-order valence-corrected chi connectivity index (χ2v) is 4.55. The van der Waals surface area contributed by atoms with Gasteiger partial charge in [-0.25, -0.2) is 0 Å². The van der Waals surface area contributed by atoms with Crippen LogP contribution in [0.1, 0.15) is 19.4 Å². The lowest BCUT2D eigenvalue weighted by Gasteiger charge is -2.20. The topological polar surface area (TPSA) is 59.0 Å². The second kappa shape index (κ2) is 7.97. The van der Waals surface area contributed by atoms with Crippen LogP contribution in [0.5, 0.6) is 11.5 Å². The second-order valence-electron chi connectivity index (χ2n) is 4.11. The summed E-state index contributed by atoms with van der Waals surface area (Å²) in [6.45, 7) is 4.72. The maximum absolute atomic E-state index is 11.9. The molecule has 0 radical (unpaired) electrons. The summed E-state index contributed by atoms with van der Waals surface area (Å²) < 4.78 is 10.7. The van der Waals surface area contributed by atoms with E-state index in [1.807, 2.05) is 13.8 Å². The molecule has 6 heteroatoms. The first kappa shape index (κ1) is 16.6. The highest BCUT2D eigenvalue weighted by Gasteiger charge is 2.16. The third-order valence-corrected chi connectivity index (χ3v) is 3.16. The molecule has 0 spiro atoms. The predicted octanol–water partition coefficient (Wildman–Crippen LogP) is 2.09. The summed E-state index contributed by atoms with van der Waals surface area (Å²) >= 11 is 5.92. The number of aliphatic hydroxyl groups excluding tert-OH is 1. The fraction of sp³-hybridized carbons (Fsp3) is 0.500. The number of benzene rings is 1. The number of likely N-dealkylation sites (N-methyl/N-ethyl adjacent to an activating group) is 1. The van der Waals surface area contributed by atoms with Crippen molar-refractivity contribution in [3.63, 3.8) is 0 Å². The van der Waals surface area contributed by atoms with E-state index >= 15 is 0 Å². The number of carbonyl (C=O) groups excluding carboxylic acids is 1. The highest BCUT2D eigenvalue weighted by Crippen LogP contribution is 2.34. The lowest BCUT2D eigenvalue weighted by molar-refractivity contribution is -0.133. The van der Waals surface area contributed by atoms with Crippen molar-refractivity contribution in [2.45, 2.75) is 20.5 Å². The Labute approximate surface area is 124 Å². The first-order valence-electron chi connectivity index (χ1n) is 6.45. The molecule has 0 aliphatic rings. The molecule has 0 saturated heterocycles. The molecule has 0 aliphatic heterocycles. The number of hydrogen-bond donors (Lipinski definition) is 1. The normalized spacial score (nSPS) is 10.2. The minimum atomic E-state index is -0.244. The Kier molecular flexibility index (Phi) is 6.61. The van der Waals surface area contributed by atoms with Gasteiger partial charge in [0.2, 0.25) is 0 Å². The van der Waals surface area contributed by atoms with Crippen LogP contribution in [0, 0.1) is 0 Å². The Morgan fingerprint density at radius 2 is 2.00 bits per heavy atom. The van der Waals surface area contributed by atoms with Crippen molar-refractivity contribution >= 4 is 17.5 Å². The Bertz CT molecular complexity index is 435. The van der Waals surface area contributed by atoms with Crippen LogP contribution in [0.15, 0.2) is 12.1 Å². The van der Waals surface area contributed by atoms with E-state index in [4.69, 9.17) is 21.1 Å². The van der Waals surface area contributed by atoms with Gasteiger partial charge in [-0.05, 0) is 19.9 Å². The summed E-state index contributed by atoms with van der Waals surface area (Å²) in [6.07, 6.45) is 0. The quantitative estimate of drug-likeness (QED) is 0.838. The minimum Gasteiger partial charge on any atom is -0.493 e. The Hall–Kier alpha value is -1.46. The van der Waals surface area contributed by atoms with Crippen molar-refractivity contribution in [2.24, 2.45) is 0 Å². The molecular formula is C14H20ClNO4. The molecule has 1 rings (SSSR count). The van der Waals surface area contributed by atoms with E-state index in [1.54, 1.807) is 17.0 Å². The smallest absolute Gasteiger partial charge is 0.260 e. The van der Waals surface area contributed by atoms with Crippen molar-refractivity contribution < 1.29 is 19.4 Å². The Balaban J connectivity index is 2.89. The highest BCUT2D eigenvalue weighted by atomic mass is 35.5. The molecule has 0 aromatic heterocycles. The van der Waals surface area contributed by atoms with Gasteiger partial charge < -0.3 is 19.5 Å². The number of nitrogens with zero attached hydrogens (tertiary/aromatic N) is 1. The van der Waals surface area contributed by atoms with Gasteiger partial charge in [-0.3, -0.25) is 4.79 Å². The summed E-state index contributed by atoms with van der Waals surface area (Å²) in [5, 5.41) is 9.78. The SMILES string of the molecule is CCN(CC)C(=O)COc1c(CO)cc(Cl)cc1OC. The number of amides is 1. The van der Waals surface area contributed by atoms with Crippen LogP contribution in [-0.2, 0) is 11.4 Å². The summed E-state index contributed by atoms with van der Waals surface area (Å²) in [4.78, 5) is 13.6. The summed E-state index contributed by atoms with van der Waals surface area (Å²) in [6, 6.07) is 3.17. The molecule has 0 unspecified atom stereocenters. The van der Waals surface area contributed by atoms with E-state index in [2.05, 4.69) is 0 Å². The first-order valence-corrected chi connectivity index (χ1v) is 6.82. The van der Waals surface area contributed by atoms with Gasteiger partial charge in [0.05, 0.1) is 13.7 Å². The number of aliphatic hydroxyl groups is 1. The van der Waals surface area contributed by atoms with E-state index in [1.165, 1.54) is 7.11 Å². The fourth-order valence-electron chi connectivity index (χ4n) is 1.86. The molecule has 0 saturated carbocycles. The van der Waals surface area contributed by atoms with E-state index in [-0.39, 0.29) is 19.1 Å². The van der Waals surface area contributed by atoms with Crippen LogP contribution in [0.4, 0.5) is 0 Å². The van der Waals surface area contributed by atoms with Gasteiger partial charge in [0.1, 0.15) is 0 Å². The zero-order valence-electron chi connectivity index (χ0n) is 12.0. The monoisotopic (exact) mass is 301 g/mol. The van der Waals surface area contributed by atoms with Gasteiger partial charge in [-0.2, -0.15) is 0 Å². The third kappa shape index (κ3) is 4.02. The largest absolute Gasteiger partial charge is 0.493 e. The van der Waals surface area contributed by atoms with Gasteiger partial charge in [0, 0.05) is 29.7 Å². The molecule has 0 heterocycles. The van der Waals surface area contributed by atoms with Crippen molar-refractivity contribution in [3.05, 3.63) is 22.7 Å². The van der Waals surface area contributed by atoms with Crippen molar-refractivity contribution in [3.8, 4) is 11.5 Å². The molecule has 0 atom stereocenters. The van der Waals surface area contributed by atoms with E-state index in [0.717, 1.165) is 0 Å². The predicted molar refractivity (Wildman–Crippen MR) is 77.3 cm³/mol. The average Bonchev–Trinajstić information content (AvgIpc) is 2.46. The van der Waals surface area contributed by atoms with E-state index in [9.17, 15) is 9.90 Å². The molecular weight excluding hydrogens is 282 g/mol. The van der Waals surface area contributed by atoms with Gasteiger partial charge in [-0.1, -0.05) is 11.6 Å². The van der Waals surface area contributed by atoms with Crippen molar-refractivity contribution in [2.75, 3.05) is 26.8 Å². The summed E-state index contributed by atoms with van der Waals surface area (Å²) in [7, 11) is 1.48. The molecule has 1 N–H and O–H groups in total. The van der Waals surface area contributed by atoms with Gasteiger partial charge in [0.15, 0.2) is 18.1 Å². The fourth-order valence-corrected chi connectivity index (χ4v) is 2.09. The first-order chi connectivity index (χ1) is 9.57. The van der Waals surface area contributed by atoms with Crippen LogP contribution in [0.2, 0.25) is 5.02 Å². The maximum atomic E-state index is 11.9. The van der Waals surface area contributed by atoms with Gasteiger partial charge in [-0.15, -0.1) is 0 Å². The minimum absolute atomic E-state index is 0.104. The molecule has 5 nitrogen and oxygen atoms in total. The van der Waals surface area contributed by atoms with Crippen molar-refractivity contribution in [1.29, 1.82) is 0 Å². The number of ether oxygens (including phenoxy) is 2. The van der Waals surface area contributed by atoms with Crippen LogP contribution < -0.4 is 9.47 Å². The Morgan fingerprint density at radius 3 is 2.50 bits per heavy atom. The lowest BCUT2D eigenvalue weighted by Crippen LogP contribution is -2.34.